The van der Waals surface area contributed by atoms with Crippen LogP contribution in [-0.2, 0) is 4.79 Å². The van der Waals surface area contributed by atoms with Gasteiger partial charge >= 0.3 is 12.2 Å². The third kappa shape index (κ3) is 2.65. The normalized spacial score (nSPS) is 18.6. The van der Waals surface area contributed by atoms with Gasteiger partial charge in [-0.3, -0.25) is 9.69 Å². The van der Waals surface area contributed by atoms with Gasteiger partial charge in [-0.2, -0.15) is 13.2 Å². The fraction of sp³-hybridized carbons (Fsp3) is 0.778. The second-order valence-corrected chi connectivity index (χ2v) is 4.65. The lowest BCUT2D eigenvalue weighted by atomic mass is 10.1. The van der Waals surface area contributed by atoms with Crippen molar-refractivity contribution in [3.63, 3.8) is 0 Å². The van der Waals surface area contributed by atoms with Crippen LogP contribution in [-0.4, -0.2) is 46.5 Å². The highest BCUT2D eigenvalue weighted by Gasteiger charge is 2.45. The number of nitrogens with zero attached hydrogens (tertiary/aromatic N) is 2. The average molecular weight is 238 g/mol. The zero-order valence-corrected chi connectivity index (χ0v) is 9.26. The number of imide groups is 1. The summed E-state index contributed by atoms with van der Waals surface area (Å²) in [5.74, 6) is -0.596. The summed E-state index contributed by atoms with van der Waals surface area (Å²) in [5.41, 5.74) is -0.797. The maximum Gasteiger partial charge on any atom is 0.406 e. The van der Waals surface area contributed by atoms with Crippen molar-refractivity contribution < 1.29 is 22.8 Å². The number of halogens is 3. The van der Waals surface area contributed by atoms with Crippen LogP contribution in [0.4, 0.5) is 18.0 Å². The Labute approximate surface area is 91.0 Å². The quantitative estimate of drug-likeness (QED) is 0.651. The van der Waals surface area contributed by atoms with Crippen molar-refractivity contribution in [3.8, 4) is 0 Å². The number of urea groups is 1. The highest BCUT2D eigenvalue weighted by atomic mass is 19.4. The van der Waals surface area contributed by atoms with Crippen molar-refractivity contribution in [2.24, 2.45) is 0 Å². The molecule has 0 aliphatic carbocycles. The number of hydrogen-bond acceptors (Lipinski definition) is 2. The van der Waals surface area contributed by atoms with E-state index in [1.54, 1.807) is 20.8 Å². The van der Waals surface area contributed by atoms with Gasteiger partial charge in [0.25, 0.3) is 5.91 Å². The average Bonchev–Trinajstić information content (AvgIpc) is 2.21. The van der Waals surface area contributed by atoms with Crippen LogP contribution in [0.25, 0.3) is 0 Å². The molecule has 1 fully saturated rings. The molecule has 0 bridgehead atoms. The van der Waals surface area contributed by atoms with Crippen LogP contribution in [0.15, 0.2) is 0 Å². The Morgan fingerprint density at radius 3 is 2.00 bits per heavy atom. The van der Waals surface area contributed by atoms with E-state index in [2.05, 4.69) is 0 Å². The maximum atomic E-state index is 12.1. The zero-order chi connectivity index (χ0) is 12.7. The standard InChI is InChI=1S/C9H13F3N2O2/c1-8(2,3)14-6(15)4-13(7(14)16)5-9(10,11)12/h4-5H2,1-3H3. The van der Waals surface area contributed by atoms with E-state index >= 15 is 0 Å². The summed E-state index contributed by atoms with van der Waals surface area (Å²) in [5, 5.41) is 0. The Balaban J connectivity index is 2.83. The van der Waals surface area contributed by atoms with Gasteiger partial charge in [-0.05, 0) is 20.8 Å². The molecule has 1 aliphatic heterocycles. The fourth-order valence-electron chi connectivity index (χ4n) is 1.55. The monoisotopic (exact) mass is 238 g/mol. The third-order valence-electron chi connectivity index (χ3n) is 2.08. The molecule has 16 heavy (non-hydrogen) atoms. The van der Waals surface area contributed by atoms with Gasteiger partial charge in [-0.1, -0.05) is 0 Å². The Kier molecular flexibility index (Phi) is 2.91. The first-order valence-corrected chi connectivity index (χ1v) is 4.71. The van der Waals surface area contributed by atoms with E-state index in [1.807, 2.05) is 0 Å². The molecular formula is C9H13F3N2O2. The second kappa shape index (κ2) is 3.64. The molecule has 0 unspecified atom stereocenters. The molecule has 7 heteroatoms. The van der Waals surface area contributed by atoms with Gasteiger partial charge in [-0.15, -0.1) is 0 Å². The summed E-state index contributed by atoms with van der Waals surface area (Å²) >= 11 is 0. The van der Waals surface area contributed by atoms with E-state index < -0.39 is 36.7 Å². The van der Waals surface area contributed by atoms with Crippen LogP contribution in [0.2, 0.25) is 0 Å². The Morgan fingerprint density at radius 1 is 1.19 bits per heavy atom. The van der Waals surface area contributed by atoms with E-state index in [0.717, 1.165) is 4.90 Å². The van der Waals surface area contributed by atoms with Gasteiger partial charge < -0.3 is 4.90 Å². The van der Waals surface area contributed by atoms with Crippen molar-refractivity contribution in [2.45, 2.75) is 32.5 Å². The van der Waals surface area contributed by atoms with Crippen molar-refractivity contribution >= 4 is 11.9 Å². The highest BCUT2D eigenvalue weighted by molar-refractivity contribution is 6.02. The van der Waals surface area contributed by atoms with Crippen LogP contribution in [0.5, 0.6) is 0 Å². The first-order valence-electron chi connectivity index (χ1n) is 4.71. The number of rotatable bonds is 1. The molecule has 4 nitrogen and oxygen atoms in total. The first-order chi connectivity index (χ1) is 7.02. The van der Waals surface area contributed by atoms with E-state index in [9.17, 15) is 22.8 Å². The summed E-state index contributed by atoms with van der Waals surface area (Å²) in [6, 6.07) is -0.880. The molecule has 0 saturated carbocycles. The van der Waals surface area contributed by atoms with Gasteiger partial charge in [-0.25, -0.2) is 4.79 Å². The van der Waals surface area contributed by atoms with Crippen LogP contribution in [0.3, 0.4) is 0 Å². The summed E-state index contributed by atoms with van der Waals surface area (Å²) in [7, 11) is 0. The number of alkyl halides is 3. The van der Waals surface area contributed by atoms with Gasteiger partial charge in [0.05, 0.1) is 0 Å². The highest BCUT2D eigenvalue weighted by Crippen LogP contribution is 2.25. The molecule has 1 rings (SSSR count). The van der Waals surface area contributed by atoms with E-state index in [-0.39, 0.29) is 0 Å². The van der Waals surface area contributed by atoms with E-state index in [1.165, 1.54) is 0 Å². The summed E-state index contributed by atoms with van der Waals surface area (Å²) in [6.07, 6.45) is -4.48. The van der Waals surface area contributed by atoms with Gasteiger partial charge in [0.15, 0.2) is 0 Å². The van der Waals surface area contributed by atoms with Crippen LogP contribution in [0.1, 0.15) is 20.8 Å². The molecule has 92 valence electrons. The molecule has 0 spiro atoms. The molecule has 0 atom stereocenters. The number of carbonyl (C=O) groups excluding carboxylic acids is 2. The largest absolute Gasteiger partial charge is 0.406 e. The minimum Gasteiger partial charge on any atom is -0.306 e. The molecule has 0 radical (unpaired) electrons. The topological polar surface area (TPSA) is 40.6 Å². The Morgan fingerprint density at radius 2 is 1.69 bits per heavy atom. The maximum absolute atomic E-state index is 12.1. The third-order valence-corrected chi connectivity index (χ3v) is 2.08. The van der Waals surface area contributed by atoms with Gasteiger partial charge in [0, 0.05) is 5.54 Å². The van der Waals surface area contributed by atoms with Crippen molar-refractivity contribution in [1.29, 1.82) is 0 Å². The Bertz CT molecular complexity index is 320. The van der Waals surface area contributed by atoms with Gasteiger partial charge in [0.1, 0.15) is 13.1 Å². The summed E-state index contributed by atoms with van der Waals surface area (Å²) in [4.78, 5) is 24.4. The summed E-state index contributed by atoms with van der Waals surface area (Å²) in [6.45, 7) is 2.90. The second-order valence-electron chi connectivity index (χ2n) is 4.65. The van der Waals surface area contributed by atoms with Crippen LogP contribution >= 0.6 is 0 Å². The van der Waals surface area contributed by atoms with Crippen molar-refractivity contribution in [3.05, 3.63) is 0 Å². The predicted octanol–water partition coefficient (Wildman–Crippen LogP) is 1.61. The van der Waals surface area contributed by atoms with E-state index in [4.69, 9.17) is 0 Å². The molecule has 0 aromatic rings. The van der Waals surface area contributed by atoms with Crippen LogP contribution < -0.4 is 0 Å². The lowest BCUT2D eigenvalue weighted by molar-refractivity contribution is -0.139. The van der Waals surface area contributed by atoms with Crippen molar-refractivity contribution in [2.75, 3.05) is 13.1 Å². The molecule has 0 aromatic carbocycles. The van der Waals surface area contributed by atoms with E-state index in [0.29, 0.717) is 4.90 Å². The Hall–Kier alpha value is -1.27. The fourth-order valence-corrected chi connectivity index (χ4v) is 1.55. The minimum atomic E-state index is -4.48. The number of hydrogen-bond donors (Lipinski definition) is 0. The lowest BCUT2D eigenvalue weighted by Gasteiger charge is -2.29. The number of carbonyl (C=O) groups is 2. The minimum absolute atomic E-state index is 0.504. The SMILES string of the molecule is CC(C)(C)N1C(=O)CN(CC(F)(F)F)C1=O. The summed E-state index contributed by atoms with van der Waals surface area (Å²) < 4.78 is 36.3. The molecule has 0 aromatic heterocycles. The zero-order valence-electron chi connectivity index (χ0n) is 9.26. The number of amides is 3. The molecule has 1 heterocycles. The van der Waals surface area contributed by atoms with Gasteiger partial charge in [0.2, 0.25) is 0 Å². The molecule has 1 aliphatic rings. The molecule has 0 N–H and O–H groups in total. The first kappa shape index (κ1) is 12.8. The molecule has 1 saturated heterocycles. The smallest absolute Gasteiger partial charge is 0.306 e. The predicted molar refractivity (Wildman–Crippen MR) is 49.6 cm³/mol. The van der Waals surface area contributed by atoms with Crippen molar-refractivity contribution in [1.82, 2.24) is 9.80 Å². The van der Waals surface area contributed by atoms with Crippen LogP contribution in [0, 0.1) is 0 Å². The molecular weight excluding hydrogens is 225 g/mol. The molecule has 3 amide bonds. The lowest BCUT2D eigenvalue weighted by Crippen LogP contribution is -2.47.